The monoisotopic (exact) mass is 441 g/mol. The van der Waals surface area contributed by atoms with Crippen LogP contribution in [0.1, 0.15) is 65.2 Å². The average molecular weight is 442 g/mol. The molecule has 8 nitrogen and oxygen atoms in total. The summed E-state index contributed by atoms with van der Waals surface area (Å²) >= 11 is 0. The molecule has 0 bridgehead atoms. The molecular weight excluding hydrogens is 410 g/mol. The van der Waals surface area contributed by atoms with Crippen LogP contribution in [0.4, 0.5) is 11.4 Å². The standard InChI is InChI=1S/C24H31N3O5/c1-5-31-24(30)21-15(2)20(16(3)25-21)23(29)32-17(4)22(28)26-18-9-11-19(12-10-18)27-13-7-6-8-14-27/h9-12,17,25H,5-8,13-14H2,1-4H3,(H,26,28). The van der Waals surface area contributed by atoms with E-state index in [1.165, 1.54) is 26.2 Å². The minimum atomic E-state index is -1.01. The molecule has 0 spiro atoms. The smallest absolute Gasteiger partial charge is 0.355 e. The topological polar surface area (TPSA) is 101 Å². The number of nitrogens with zero attached hydrogens (tertiary/aromatic N) is 1. The highest BCUT2D eigenvalue weighted by Gasteiger charge is 2.26. The van der Waals surface area contributed by atoms with Crippen LogP contribution >= 0.6 is 0 Å². The van der Waals surface area contributed by atoms with E-state index in [9.17, 15) is 14.4 Å². The number of aryl methyl sites for hydroxylation is 1. The van der Waals surface area contributed by atoms with E-state index in [2.05, 4.69) is 15.2 Å². The van der Waals surface area contributed by atoms with Crippen LogP contribution in [-0.4, -0.2) is 48.6 Å². The molecule has 0 aliphatic carbocycles. The highest BCUT2D eigenvalue weighted by Crippen LogP contribution is 2.23. The normalized spacial score (nSPS) is 14.6. The van der Waals surface area contributed by atoms with Gasteiger partial charge in [0.2, 0.25) is 0 Å². The van der Waals surface area contributed by atoms with Crippen LogP contribution in [0.2, 0.25) is 0 Å². The third-order valence-corrected chi connectivity index (χ3v) is 5.63. The van der Waals surface area contributed by atoms with E-state index < -0.39 is 23.9 Å². The Kier molecular flexibility index (Phi) is 7.56. The predicted octanol–water partition coefficient (Wildman–Crippen LogP) is 3.98. The highest BCUT2D eigenvalue weighted by atomic mass is 16.5. The Morgan fingerprint density at radius 3 is 2.34 bits per heavy atom. The summed E-state index contributed by atoms with van der Waals surface area (Å²) in [5.74, 6) is -1.64. The molecule has 1 aromatic heterocycles. The van der Waals surface area contributed by atoms with E-state index in [-0.39, 0.29) is 17.9 Å². The van der Waals surface area contributed by atoms with Gasteiger partial charge in [0.25, 0.3) is 5.91 Å². The Morgan fingerprint density at radius 2 is 1.72 bits per heavy atom. The molecule has 0 saturated carbocycles. The first kappa shape index (κ1) is 23.4. The number of rotatable bonds is 7. The van der Waals surface area contributed by atoms with E-state index in [1.54, 1.807) is 20.8 Å². The fourth-order valence-corrected chi connectivity index (χ4v) is 3.89. The second kappa shape index (κ2) is 10.3. The van der Waals surface area contributed by atoms with Crippen LogP contribution in [0, 0.1) is 13.8 Å². The summed E-state index contributed by atoms with van der Waals surface area (Å²) in [5.41, 5.74) is 3.14. The van der Waals surface area contributed by atoms with E-state index >= 15 is 0 Å². The molecule has 1 fully saturated rings. The Morgan fingerprint density at radius 1 is 1.06 bits per heavy atom. The van der Waals surface area contributed by atoms with Crippen molar-refractivity contribution in [1.29, 1.82) is 0 Å². The lowest BCUT2D eigenvalue weighted by atomic mass is 10.1. The minimum Gasteiger partial charge on any atom is -0.461 e. The number of nitrogens with one attached hydrogen (secondary N) is 2. The Labute approximate surface area is 188 Å². The maximum absolute atomic E-state index is 12.7. The predicted molar refractivity (Wildman–Crippen MR) is 122 cm³/mol. The van der Waals surface area contributed by atoms with E-state index in [4.69, 9.17) is 9.47 Å². The summed E-state index contributed by atoms with van der Waals surface area (Å²) in [7, 11) is 0. The van der Waals surface area contributed by atoms with Gasteiger partial charge in [-0.05, 0) is 76.8 Å². The molecule has 1 aliphatic heterocycles. The molecule has 2 heterocycles. The summed E-state index contributed by atoms with van der Waals surface area (Å²) in [6, 6.07) is 7.67. The van der Waals surface area contributed by atoms with Crippen molar-refractivity contribution in [2.45, 2.75) is 53.1 Å². The molecule has 1 atom stereocenters. The number of carbonyl (C=O) groups excluding carboxylic acids is 3. The Bertz CT molecular complexity index is 974. The number of esters is 2. The average Bonchev–Trinajstić information content (AvgIpc) is 3.09. The van der Waals surface area contributed by atoms with Gasteiger partial charge in [-0.2, -0.15) is 0 Å². The molecule has 2 aromatic rings. The summed E-state index contributed by atoms with van der Waals surface area (Å²) in [6.07, 6.45) is 2.66. The largest absolute Gasteiger partial charge is 0.461 e. The van der Waals surface area contributed by atoms with E-state index in [1.807, 2.05) is 24.3 Å². The zero-order valence-corrected chi connectivity index (χ0v) is 19.1. The number of piperidine rings is 1. The van der Waals surface area contributed by atoms with Gasteiger partial charge >= 0.3 is 11.9 Å². The molecule has 1 aliphatic rings. The number of anilines is 2. The SMILES string of the molecule is CCOC(=O)c1[nH]c(C)c(C(=O)OC(C)C(=O)Nc2ccc(N3CCCCC3)cc2)c1C. The van der Waals surface area contributed by atoms with Gasteiger partial charge < -0.3 is 24.7 Å². The van der Waals surface area contributed by atoms with Crippen LogP contribution in [0.3, 0.4) is 0 Å². The number of hydrogen-bond donors (Lipinski definition) is 2. The molecule has 8 heteroatoms. The fourth-order valence-electron chi connectivity index (χ4n) is 3.89. The summed E-state index contributed by atoms with van der Waals surface area (Å²) in [5, 5.41) is 2.78. The Hall–Kier alpha value is -3.29. The van der Waals surface area contributed by atoms with Gasteiger partial charge in [0.05, 0.1) is 12.2 Å². The van der Waals surface area contributed by atoms with Gasteiger partial charge in [0, 0.05) is 30.2 Å². The van der Waals surface area contributed by atoms with Crippen molar-refractivity contribution < 1.29 is 23.9 Å². The lowest BCUT2D eigenvalue weighted by molar-refractivity contribution is -0.123. The second-order valence-electron chi connectivity index (χ2n) is 7.98. The molecule has 0 radical (unpaired) electrons. The number of ether oxygens (including phenoxy) is 2. The highest BCUT2D eigenvalue weighted by molar-refractivity contribution is 6.01. The van der Waals surface area contributed by atoms with Crippen molar-refractivity contribution in [3.63, 3.8) is 0 Å². The summed E-state index contributed by atoms with van der Waals surface area (Å²) in [6.45, 7) is 8.86. The number of aromatic nitrogens is 1. The lowest BCUT2D eigenvalue weighted by Crippen LogP contribution is -2.30. The molecule has 1 unspecified atom stereocenters. The first-order valence-corrected chi connectivity index (χ1v) is 11.0. The fraction of sp³-hybridized carbons (Fsp3) is 0.458. The zero-order valence-electron chi connectivity index (χ0n) is 19.1. The number of carbonyl (C=O) groups is 3. The van der Waals surface area contributed by atoms with Gasteiger partial charge in [-0.15, -0.1) is 0 Å². The van der Waals surface area contributed by atoms with Gasteiger partial charge in [0.1, 0.15) is 5.69 Å². The molecule has 1 saturated heterocycles. The summed E-state index contributed by atoms with van der Waals surface area (Å²) in [4.78, 5) is 42.5. The number of benzene rings is 1. The summed E-state index contributed by atoms with van der Waals surface area (Å²) < 4.78 is 10.4. The molecular formula is C24H31N3O5. The van der Waals surface area contributed by atoms with Crippen LogP contribution < -0.4 is 10.2 Å². The van der Waals surface area contributed by atoms with Crippen molar-refractivity contribution in [2.24, 2.45) is 0 Å². The number of amides is 1. The molecule has 172 valence electrons. The third kappa shape index (κ3) is 5.30. The third-order valence-electron chi connectivity index (χ3n) is 5.63. The van der Waals surface area contributed by atoms with Gasteiger partial charge in [0.15, 0.2) is 6.10 Å². The number of hydrogen-bond acceptors (Lipinski definition) is 6. The quantitative estimate of drug-likeness (QED) is 0.631. The van der Waals surface area contributed by atoms with Crippen LogP contribution in [0.25, 0.3) is 0 Å². The minimum absolute atomic E-state index is 0.210. The van der Waals surface area contributed by atoms with Crippen molar-refractivity contribution in [3.05, 3.63) is 46.8 Å². The van der Waals surface area contributed by atoms with Crippen molar-refractivity contribution in [1.82, 2.24) is 4.98 Å². The van der Waals surface area contributed by atoms with Gasteiger partial charge in [-0.1, -0.05) is 0 Å². The molecule has 2 N–H and O–H groups in total. The molecule has 3 rings (SSSR count). The van der Waals surface area contributed by atoms with Crippen LogP contribution in [0.15, 0.2) is 24.3 Å². The number of aromatic amines is 1. The van der Waals surface area contributed by atoms with Crippen molar-refractivity contribution in [2.75, 3.05) is 29.9 Å². The molecule has 1 amide bonds. The van der Waals surface area contributed by atoms with E-state index in [0.717, 1.165) is 18.8 Å². The van der Waals surface area contributed by atoms with Crippen LogP contribution in [0.5, 0.6) is 0 Å². The lowest BCUT2D eigenvalue weighted by Gasteiger charge is -2.28. The van der Waals surface area contributed by atoms with Gasteiger partial charge in [-0.25, -0.2) is 9.59 Å². The van der Waals surface area contributed by atoms with Crippen molar-refractivity contribution in [3.8, 4) is 0 Å². The van der Waals surface area contributed by atoms with Crippen LogP contribution in [-0.2, 0) is 14.3 Å². The maximum atomic E-state index is 12.7. The molecule has 32 heavy (non-hydrogen) atoms. The molecule has 1 aromatic carbocycles. The second-order valence-corrected chi connectivity index (χ2v) is 7.98. The zero-order chi connectivity index (χ0) is 23.3. The Balaban J connectivity index is 1.61. The first-order chi connectivity index (χ1) is 15.3. The first-order valence-electron chi connectivity index (χ1n) is 11.0. The number of H-pyrrole nitrogens is 1. The maximum Gasteiger partial charge on any atom is 0.355 e. The van der Waals surface area contributed by atoms with Gasteiger partial charge in [-0.3, -0.25) is 4.79 Å². The van der Waals surface area contributed by atoms with Crippen molar-refractivity contribution >= 4 is 29.2 Å². The van der Waals surface area contributed by atoms with E-state index in [0.29, 0.717) is 16.9 Å².